The van der Waals surface area contributed by atoms with E-state index in [1.807, 2.05) is 74.5 Å². The average Bonchev–Trinajstić information content (AvgIpc) is 3.30. The molecule has 1 amide bonds. The summed E-state index contributed by atoms with van der Waals surface area (Å²) in [7, 11) is 3.26. The maximum atomic E-state index is 12.6. The van der Waals surface area contributed by atoms with Crippen molar-refractivity contribution in [3.05, 3.63) is 84.1 Å². The Kier molecular flexibility index (Phi) is 7.41. The zero-order valence-electron chi connectivity index (χ0n) is 20.4. The SMILES string of the molecule is CCOc1cc2occ(-c3cc(OC)ccc3OC)c2cc1/C(C)=C/C(=O)NCc1ccccc1. The van der Waals surface area contributed by atoms with Gasteiger partial charge in [0.1, 0.15) is 22.8 Å². The second-order valence-electron chi connectivity index (χ2n) is 8.02. The number of carbonyl (C=O) groups excluding carboxylic acids is 1. The average molecular weight is 472 g/mol. The van der Waals surface area contributed by atoms with Crippen molar-refractivity contribution in [3.8, 4) is 28.4 Å². The molecule has 0 aliphatic carbocycles. The summed E-state index contributed by atoms with van der Waals surface area (Å²) < 4.78 is 22.8. The fourth-order valence-electron chi connectivity index (χ4n) is 3.98. The minimum absolute atomic E-state index is 0.171. The topological polar surface area (TPSA) is 69.9 Å². The lowest BCUT2D eigenvalue weighted by atomic mass is 9.98. The first kappa shape index (κ1) is 24.0. The van der Waals surface area contributed by atoms with Crippen LogP contribution in [0.25, 0.3) is 27.7 Å². The number of rotatable bonds is 9. The van der Waals surface area contributed by atoms with Crippen molar-refractivity contribution >= 4 is 22.4 Å². The van der Waals surface area contributed by atoms with Gasteiger partial charge in [0, 0.05) is 40.8 Å². The molecule has 6 heteroatoms. The first-order valence-corrected chi connectivity index (χ1v) is 11.4. The molecule has 0 bridgehead atoms. The van der Waals surface area contributed by atoms with Crippen LogP contribution in [0, 0.1) is 0 Å². The summed E-state index contributed by atoms with van der Waals surface area (Å²) in [6.45, 7) is 4.78. The van der Waals surface area contributed by atoms with E-state index in [1.165, 1.54) is 0 Å². The molecule has 0 radical (unpaired) electrons. The molecule has 0 aliphatic rings. The molecule has 0 atom stereocenters. The van der Waals surface area contributed by atoms with Crippen LogP contribution in [0.2, 0.25) is 0 Å². The Hall–Kier alpha value is -4.19. The van der Waals surface area contributed by atoms with Gasteiger partial charge in [0.15, 0.2) is 0 Å². The fourth-order valence-corrected chi connectivity index (χ4v) is 3.98. The number of allylic oxidation sites excluding steroid dienone is 1. The molecule has 180 valence electrons. The summed E-state index contributed by atoms with van der Waals surface area (Å²) >= 11 is 0. The largest absolute Gasteiger partial charge is 0.497 e. The lowest BCUT2D eigenvalue weighted by Gasteiger charge is -2.13. The van der Waals surface area contributed by atoms with E-state index >= 15 is 0 Å². The second-order valence-corrected chi connectivity index (χ2v) is 8.02. The van der Waals surface area contributed by atoms with Crippen LogP contribution in [0.4, 0.5) is 0 Å². The number of methoxy groups -OCH3 is 2. The molecule has 6 nitrogen and oxygen atoms in total. The highest BCUT2D eigenvalue weighted by molar-refractivity contribution is 6.01. The van der Waals surface area contributed by atoms with Crippen molar-refractivity contribution in [1.82, 2.24) is 5.32 Å². The minimum atomic E-state index is -0.171. The van der Waals surface area contributed by atoms with Crippen molar-refractivity contribution in [2.45, 2.75) is 20.4 Å². The molecule has 4 aromatic rings. The van der Waals surface area contributed by atoms with Gasteiger partial charge in [-0.25, -0.2) is 0 Å². The standard InChI is InChI=1S/C29H29NO5/c1-5-34-27-16-28-24(25(18-35-28)23-14-21(32-3)11-12-26(23)33-4)15-22(27)19(2)13-29(31)30-17-20-9-7-6-8-10-20/h6-16,18H,5,17H2,1-4H3,(H,30,31)/b19-13+. The molecule has 1 heterocycles. The molecule has 1 aromatic heterocycles. The summed E-state index contributed by atoms with van der Waals surface area (Å²) in [5.74, 6) is 1.91. The lowest BCUT2D eigenvalue weighted by Crippen LogP contribution is -2.20. The fraction of sp³-hybridized carbons (Fsp3) is 0.207. The van der Waals surface area contributed by atoms with Gasteiger partial charge in [-0.2, -0.15) is 0 Å². The molecule has 0 saturated heterocycles. The molecule has 1 N–H and O–H groups in total. The number of benzene rings is 3. The number of carbonyl (C=O) groups is 1. The lowest BCUT2D eigenvalue weighted by molar-refractivity contribution is -0.116. The number of hydrogen-bond acceptors (Lipinski definition) is 5. The molecule has 35 heavy (non-hydrogen) atoms. The van der Waals surface area contributed by atoms with Gasteiger partial charge in [0.2, 0.25) is 5.91 Å². The van der Waals surface area contributed by atoms with Crippen molar-refractivity contribution in [3.63, 3.8) is 0 Å². The van der Waals surface area contributed by atoms with Gasteiger partial charge >= 0.3 is 0 Å². The molecule has 0 fully saturated rings. The van der Waals surface area contributed by atoms with Gasteiger partial charge in [-0.1, -0.05) is 30.3 Å². The molecule has 0 aliphatic heterocycles. The molecular weight excluding hydrogens is 442 g/mol. The van der Waals surface area contributed by atoms with E-state index < -0.39 is 0 Å². The number of nitrogens with one attached hydrogen (secondary N) is 1. The highest BCUT2D eigenvalue weighted by Crippen LogP contribution is 2.41. The maximum absolute atomic E-state index is 12.6. The third kappa shape index (κ3) is 5.32. The second kappa shape index (κ2) is 10.8. The van der Waals surface area contributed by atoms with Gasteiger partial charge < -0.3 is 23.9 Å². The summed E-state index contributed by atoms with van der Waals surface area (Å²) in [4.78, 5) is 12.6. The third-order valence-corrected chi connectivity index (χ3v) is 5.75. The van der Waals surface area contributed by atoms with E-state index in [-0.39, 0.29) is 5.91 Å². The zero-order chi connectivity index (χ0) is 24.8. The Morgan fingerprint density at radius 2 is 1.77 bits per heavy atom. The Morgan fingerprint density at radius 1 is 0.971 bits per heavy atom. The number of amides is 1. The number of furan rings is 1. The quantitative estimate of drug-likeness (QED) is 0.293. The monoisotopic (exact) mass is 471 g/mol. The van der Waals surface area contributed by atoms with Crippen LogP contribution in [-0.4, -0.2) is 26.7 Å². The Labute approximate surface area is 205 Å². The molecule has 0 saturated carbocycles. The van der Waals surface area contributed by atoms with Crippen molar-refractivity contribution < 1.29 is 23.4 Å². The normalized spacial score (nSPS) is 11.4. The molecule has 0 spiro atoms. The van der Waals surface area contributed by atoms with Crippen LogP contribution < -0.4 is 19.5 Å². The van der Waals surface area contributed by atoms with Crippen LogP contribution in [0.3, 0.4) is 0 Å². The predicted molar refractivity (Wildman–Crippen MR) is 138 cm³/mol. The van der Waals surface area contributed by atoms with E-state index in [1.54, 1.807) is 26.6 Å². The van der Waals surface area contributed by atoms with E-state index in [2.05, 4.69) is 5.32 Å². The summed E-state index contributed by atoms with van der Waals surface area (Å²) in [6.07, 6.45) is 3.30. The van der Waals surface area contributed by atoms with Crippen LogP contribution in [0.5, 0.6) is 17.2 Å². The molecule has 4 rings (SSSR count). The summed E-state index contributed by atoms with van der Waals surface area (Å²) in [5.41, 5.74) is 5.03. The van der Waals surface area contributed by atoms with Crippen molar-refractivity contribution in [1.29, 1.82) is 0 Å². The maximum Gasteiger partial charge on any atom is 0.244 e. The number of hydrogen-bond donors (Lipinski definition) is 1. The molecular formula is C29H29NO5. The van der Waals surface area contributed by atoms with E-state index in [4.69, 9.17) is 18.6 Å². The van der Waals surface area contributed by atoms with E-state index in [0.29, 0.717) is 36.0 Å². The third-order valence-electron chi connectivity index (χ3n) is 5.75. The highest BCUT2D eigenvalue weighted by Gasteiger charge is 2.18. The smallest absolute Gasteiger partial charge is 0.244 e. The highest BCUT2D eigenvalue weighted by atomic mass is 16.5. The molecule has 0 unspecified atom stereocenters. The summed E-state index contributed by atoms with van der Waals surface area (Å²) in [6, 6.07) is 19.3. The van der Waals surface area contributed by atoms with Crippen LogP contribution in [0.15, 0.2) is 77.4 Å². The van der Waals surface area contributed by atoms with Gasteiger partial charge in [-0.15, -0.1) is 0 Å². The van der Waals surface area contributed by atoms with Gasteiger partial charge in [-0.3, -0.25) is 4.79 Å². The first-order chi connectivity index (χ1) is 17.0. The van der Waals surface area contributed by atoms with Crippen molar-refractivity contribution in [2.24, 2.45) is 0 Å². The van der Waals surface area contributed by atoms with Crippen LogP contribution in [-0.2, 0) is 11.3 Å². The van der Waals surface area contributed by atoms with Gasteiger partial charge in [0.25, 0.3) is 0 Å². The zero-order valence-corrected chi connectivity index (χ0v) is 20.4. The number of fused-ring (bicyclic) bond motifs is 1. The van der Waals surface area contributed by atoms with Crippen molar-refractivity contribution in [2.75, 3.05) is 20.8 Å². The Balaban J connectivity index is 1.72. The van der Waals surface area contributed by atoms with Gasteiger partial charge in [0.05, 0.1) is 27.1 Å². The van der Waals surface area contributed by atoms with Crippen LogP contribution >= 0.6 is 0 Å². The summed E-state index contributed by atoms with van der Waals surface area (Å²) in [5, 5.41) is 3.83. The van der Waals surface area contributed by atoms with E-state index in [9.17, 15) is 4.79 Å². The Morgan fingerprint density at radius 3 is 2.49 bits per heavy atom. The Bertz CT molecular complexity index is 1350. The van der Waals surface area contributed by atoms with Gasteiger partial charge in [-0.05, 0) is 49.2 Å². The van der Waals surface area contributed by atoms with E-state index in [0.717, 1.165) is 33.2 Å². The number of ether oxygens (including phenoxy) is 3. The van der Waals surface area contributed by atoms with Crippen LogP contribution in [0.1, 0.15) is 25.0 Å². The first-order valence-electron chi connectivity index (χ1n) is 11.4. The molecule has 3 aromatic carbocycles. The predicted octanol–water partition coefficient (Wildman–Crippen LogP) is 6.24. The minimum Gasteiger partial charge on any atom is -0.497 e.